The molecule has 0 saturated carbocycles. The first-order valence-corrected chi connectivity index (χ1v) is 24.2. The maximum atomic E-state index is 14.0. The van der Waals surface area contributed by atoms with Crippen LogP contribution in [0, 0.1) is 21.4 Å². The number of halogens is 1. The van der Waals surface area contributed by atoms with Crippen molar-refractivity contribution in [1.82, 2.24) is 19.6 Å². The van der Waals surface area contributed by atoms with Gasteiger partial charge in [0, 0.05) is 73.8 Å². The zero-order valence-electron chi connectivity index (χ0n) is 35.8. The summed E-state index contributed by atoms with van der Waals surface area (Å²) in [7, 11) is -4.54. The summed E-state index contributed by atoms with van der Waals surface area (Å²) >= 11 is 6.21. The lowest BCUT2D eigenvalue weighted by molar-refractivity contribution is -0.384. The molecule has 16 heteroatoms. The van der Waals surface area contributed by atoms with Gasteiger partial charge in [0.05, 0.1) is 21.6 Å². The number of pyridine rings is 1. The van der Waals surface area contributed by atoms with Crippen molar-refractivity contribution >= 4 is 61.2 Å². The number of aromatic nitrogens is 2. The van der Waals surface area contributed by atoms with Crippen LogP contribution in [0.3, 0.4) is 0 Å². The molecule has 3 aromatic carbocycles. The third-order valence-corrected chi connectivity index (χ3v) is 15.3. The number of H-pyrrole nitrogens is 1. The van der Waals surface area contributed by atoms with Crippen molar-refractivity contribution < 1.29 is 27.6 Å². The van der Waals surface area contributed by atoms with Gasteiger partial charge in [-0.3, -0.25) is 19.8 Å². The van der Waals surface area contributed by atoms with Crippen LogP contribution in [0.4, 0.5) is 17.1 Å². The van der Waals surface area contributed by atoms with Gasteiger partial charge in [-0.25, -0.2) is 18.1 Å². The number of nitro groups is 1. The molecule has 64 heavy (non-hydrogen) atoms. The number of benzene rings is 3. The van der Waals surface area contributed by atoms with Crippen molar-refractivity contribution in [3.8, 4) is 11.5 Å². The molecule has 3 fully saturated rings. The molecule has 2 aromatic heterocycles. The standard InChI is InChI=1S/C48H54ClN7O7S/c49-37-7-5-34(6-8-37)41-4-2-1-3-36(41)32-54-21-16-48(17-22-54)18-23-55(24-19-48)38-9-11-42(45(28-38)63-39-27-35-13-20-50-46(35)52-31-39)47(57)53-64(60,61)40-10-12-43(44(29-40)56(58)59)51-30-33-14-25-62-26-15-33/h5-13,20,27-29,31,33,51H,1-4,14-19,21-26,30,32H2,(H,50,52)(H,53,57). The topological polar surface area (TPSA) is 172 Å². The smallest absolute Gasteiger partial charge is 0.293 e. The number of nitrogens with one attached hydrogen (secondary N) is 3. The number of anilines is 2. The molecular formula is C48H54ClN7O7S. The SMILES string of the molecule is O=C(NS(=O)(=O)c1ccc(NCC2CCOCC2)c([N+](=O)[O-])c1)c1ccc(N2CCC3(CCN(CC4=C(c5ccc(Cl)cc5)CCCC4)CC3)CC2)cc1Oc1cnc2[nH]ccc2c1. The van der Waals surface area contributed by atoms with Gasteiger partial charge < -0.3 is 24.7 Å². The van der Waals surface area contributed by atoms with Crippen LogP contribution >= 0.6 is 11.6 Å². The van der Waals surface area contributed by atoms with Gasteiger partial charge in [0.15, 0.2) is 0 Å². The van der Waals surface area contributed by atoms with E-state index in [1.54, 1.807) is 36.2 Å². The summed E-state index contributed by atoms with van der Waals surface area (Å²) in [5, 5.41) is 16.8. The first-order valence-electron chi connectivity index (χ1n) is 22.4. The Balaban J connectivity index is 0.886. The second kappa shape index (κ2) is 18.9. The van der Waals surface area contributed by atoms with Crippen LogP contribution in [-0.4, -0.2) is 86.6 Å². The molecule has 9 rings (SSSR count). The average molecular weight is 909 g/mol. The highest BCUT2D eigenvalue weighted by Crippen LogP contribution is 2.44. The van der Waals surface area contributed by atoms with Crippen molar-refractivity contribution in [3.05, 3.63) is 117 Å². The van der Waals surface area contributed by atoms with E-state index in [-0.39, 0.29) is 28.3 Å². The van der Waals surface area contributed by atoms with Gasteiger partial charge in [-0.1, -0.05) is 29.3 Å². The number of piperidine rings is 2. The number of amides is 1. The molecule has 3 saturated heterocycles. The van der Waals surface area contributed by atoms with Crippen LogP contribution in [0.1, 0.15) is 80.1 Å². The number of fused-ring (bicyclic) bond motifs is 1. The highest BCUT2D eigenvalue weighted by molar-refractivity contribution is 7.90. The van der Waals surface area contributed by atoms with E-state index in [0.29, 0.717) is 31.2 Å². The second-order valence-electron chi connectivity index (χ2n) is 17.7. The van der Waals surface area contributed by atoms with Gasteiger partial charge in [0.25, 0.3) is 21.6 Å². The Morgan fingerprint density at radius 3 is 2.47 bits per heavy atom. The number of aromatic amines is 1. The largest absolute Gasteiger partial charge is 0.455 e. The van der Waals surface area contributed by atoms with Crippen LogP contribution in [0.5, 0.6) is 11.5 Å². The predicted molar refractivity (Wildman–Crippen MR) is 249 cm³/mol. The number of rotatable bonds is 13. The predicted octanol–water partition coefficient (Wildman–Crippen LogP) is 9.58. The molecule has 336 valence electrons. The van der Waals surface area contributed by atoms with Crippen molar-refractivity contribution in [2.45, 2.75) is 69.1 Å². The number of ether oxygens (including phenoxy) is 2. The summed E-state index contributed by atoms with van der Waals surface area (Å²) < 4.78 is 41.3. The molecule has 14 nitrogen and oxygen atoms in total. The Kier molecular flexibility index (Phi) is 12.9. The highest BCUT2D eigenvalue weighted by atomic mass is 35.5. The third kappa shape index (κ3) is 9.92. The lowest BCUT2D eigenvalue weighted by Gasteiger charge is -2.47. The molecule has 4 aliphatic rings. The number of sulfonamides is 1. The molecular weight excluding hydrogens is 854 g/mol. The second-order valence-corrected chi connectivity index (χ2v) is 19.9. The van der Waals surface area contributed by atoms with E-state index >= 15 is 0 Å². The van der Waals surface area contributed by atoms with Crippen LogP contribution in [-0.2, 0) is 14.8 Å². The Hall–Kier alpha value is -5.48. The molecule has 0 unspecified atom stereocenters. The maximum absolute atomic E-state index is 14.0. The fraction of sp³-hybridized carbons (Fsp3) is 0.417. The van der Waals surface area contributed by atoms with E-state index in [1.165, 1.54) is 36.1 Å². The number of carbonyl (C=O) groups is 1. The molecule has 1 amide bonds. The Morgan fingerprint density at radius 2 is 1.70 bits per heavy atom. The van der Waals surface area contributed by atoms with Crippen molar-refractivity contribution in [1.29, 1.82) is 0 Å². The van der Waals surface area contributed by atoms with Crippen molar-refractivity contribution in [2.24, 2.45) is 11.3 Å². The number of hydrogen-bond donors (Lipinski definition) is 3. The molecule has 3 aliphatic heterocycles. The van der Waals surface area contributed by atoms with Crippen molar-refractivity contribution in [3.63, 3.8) is 0 Å². The van der Waals surface area contributed by atoms with Gasteiger partial charge >= 0.3 is 0 Å². The molecule has 1 aliphatic carbocycles. The number of nitro benzene ring substituents is 1. The molecule has 1 spiro atoms. The number of likely N-dealkylation sites (tertiary alicyclic amines) is 1. The van der Waals surface area contributed by atoms with Gasteiger partial charge in [-0.05, 0) is 148 Å². The lowest BCUT2D eigenvalue weighted by atomic mass is 9.71. The first-order chi connectivity index (χ1) is 31.0. The summed E-state index contributed by atoms with van der Waals surface area (Å²) in [6, 6.07) is 20.7. The van der Waals surface area contributed by atoms with E-state index in [1.807, 2.05) is 24.3 Å². The van der Waals surface area contributed by atoms with Crippen LogP contribution in [0.25, 0.3) is 16.6 Å². The maximum Gasteiger partial charge on any atom is 0.293 e. The van der Waals surface area contributed by atoms with E-state index < -0.39 is 31.4 Å². The first kappa shape index (κ1) is 43.8. The highest BCUT2D eigenvalue weighted by Gasteiger charge is 2.38. The minimum absolute atomic E-state index is 0.0149. The van der Waals surface area contributed by atoms with Crippen LogP contribution in [0.15, 0.2) is 95.7 Å². The van der Waals surface area contributed by atoms with Gasteiger partial charge in [0.1, 0.15) is 22.8 Å². The number of hydrogen-bond acceptors (Lipinski definition) is 11. The fourth-order valence-electron chi connectivity index (χ4n) is 9.84. The Labute approximate surface area is 378 Å². The summed E-state index contributed by atoms with van der Waals surface area (Å²) in [6.07, 6.45) is 14.1. The zero-order valence-corrected chi connectivity index (χ0v) is 37.4. The minimum Gasteiger partial charge on any atom is -0.455 e. The van der Waals surface area contributed by atoms with Crippen LogP contribution < -0.4 is 19.7 Å². The minimum atomic E-state index is -4.54. The van der Waals surface area contributed by atoms with Gasteiger partial charge in [-0.15, -0.1) is 0 Å². The van der Waals surface area contributed by atoms with E-state index in [4.69, 9.17) is 21.1 Å². The Bertz CT molecular complexity index is 2650. The fourth-order valence-corrected chi connectivity index (χ4v) is 11.0. The monoisotopic (exact) mass is 907 g/mol. The molecule has 0 atom stereocenters. The zero-order chi connectivity index (χ0) is 44.3. The summed E-state index contributed by atoms with van der Waals surface area (Å²) in [5.74, 6) is -0.131. The van der Waals surface area contributed by atoms with E-state index in [0.717, 1.165) is 106 Å². The normalized spacial score (nSPS) is 18.6. The molecule has 0 bridgehead atoms. The summed E-state index contributed by atoms with van der Waals surface area (Å²) in [4.78, 5) is 37.5. The molecule has 3 N–H and O–H groups in total. The van der Waals surface area contributed by atoms with E-state index in [9.17, 15) is 23.3 Å². The van der Waals surface area contributed by atoms with E-state index in [2.05, 4.69) is 41.9 Å². The van der Waals surface area contributed by atoms with Crippen LogP contribution in [0.2, 0.25) is 5.02 Å². The molecule has 5 aromatic rings. The third-order valence-electron chi connectivity index (χ3n) is 13.7. The number of carbonyl (C=O) groups excluding carboxylic acids is 1. The summed E-state index contributed by atoms with van der Waals surface area (Å²) in [6.45, 7) is 6.59. The quantitative estimate of drug-likeness (QED) is 0.0759. The van der Waals surface area contributed by atoms with Crippen molar-refractivity contribution in [2.75, 3.05) is 62.7 Å². The van der Waals surface area contributed by atoms with Gasteiger partial charge in [0.2, 0.25) is 0 Å². The summed E-state index contributed by atoms with van der Waals surface area (Å²) in [5.41, 5.74) is 5.95. The number of allylic oxidation sites excluding steroid dienone is 1. The average Bonchev–Trinajstić information content (AvgIpc) is 3.78. The molecule has 5 heterocycles. The lowest BCUT2D eigenvalue weighted by Crippen LogP contribution is -2.47. The Morgan fingerprint density at radius 1 is 0.953 bits per heavy atom. The van der Waals surface area contributed by atoms with Gasteiger partial charge in [-0.2, -0.15) is 0 Å². The number of nitrogens with zero attached hydrogens (tertiary/aromatic N) is 4. The molecule has 0 radical (unpaired) electrons.